The Hall–Kier alpha value is -2.43. The number of carboxylic acids is 1. The van der Waals surface area contributed by atoms with Crippen molar-refractivity contribution in [1.29, 1.82) is 0 Å². The molecule has 6 N–H and O–H groups in total. The third kappa shape index (κ3) is 6.83. The molecule has 0 saturated heterocycles. The minimum Gasteiger partial charge on any atom is -0.479 e. The summed E-state index contributed by atoms with van der Waals surface area (Å²) in [5, 5.41) is 18.3. The van der Waals surface area contributed by atoms with Crippen LogP contribution in [0.3, 0.4) is 0 Å². The molecule has 0 spiro atoms. The van der Waals surface area contributed by atoms with Crippen molar-refractivity contribution < 1.29 is 24.5 Å². The van der Waals surface area contributed by atoms with Crippen LogP contribution in [0.15, 0.2) is 4.99 Å². The number of nitro groups is 1. The minimum atomic E-state index is -2.21. The summed E-state index contributed by atoms with van der Waals surface area (Å²) in [6.07, 6.45) is -0.186. The van der Waals surface area contributed by atoms with Crippen LogP contribution in [0.1, 0.15) is 33.6 Å². The zero-order valence-corrected chi connectivity index (χ0v) is 12.7. The van der Waals surface area contributed by atoms with Crippen LogP contribution in [0.25, 0.3) is 0 Å². The van der Waals surface area contributed by atoms with E-state index in [-0.39, 0.29) is 19.4 Å². The number of nitrogens with one attached hydrogen (secondary N) is 1. The topological polar surface area (TPSA) is 183 Å². The molecule has 0 aromatic rings. The van der Waals surface area contributed by atoms with Crippen molar-refractivity contribution in [1.82, 2.24) is 5.43 Å². The summed E-state index contributed by atoms with van der Waals surface area (Å²) < 4.78 is 4.99. The van der Waals surface area contributed by atoms with E-state index in [0.717, 1.165) is 0 Å². The Bertz CT molecular complexity index is 472. The first-order valence-corrected chi connectivity index (χ1v) is 6.35. The van der Waals surface area contributed by atoms with Gasteiger partial charge >= 0.3 is 11.9 Å². The van der Waals surface area contributed by atoms with Crippen molar-refractivity contribution in [2.45, 2.75) is 44.8 Å². The maximum Gasteiger partial charge on any atom is 0.338 e. The second-order valence-corrected chi connectivity index (χ2v) is 5.52. The van der Waals surface area contributed by atoms with Gasteiger partial charge in [0.15, 0.2) is 5.03 Å². The summed E-state index contributed by atoms with van der Waals surface area (Å²) in [7, 11) is 0. The number of hydrazine groups is 1. The van der Waals surface area contributed by atoms with E-state index in [4.69, 9.17) is 21.3 Å². The van der Waals surface area contributed by atoms with Crippen LogP contribution in [0.2, 0.25) is 0 Å². The lowest BCUT2D eigenvalue weighted by atomic mass is 9.94. The van der Waals surface area contributed by atoms with E-state index in [0.29, 0.717) is 0 Å². The number of guanidine groups is 1. The molecule has 0 aliphatic rings. The normalized spacial score (nSPS) is 14.8. The van der Waals surface area contributed by atoms with Crippen LogP contribution in [0.4, 0.5) is 0 Å². The third-order valence-corrected chi connectivity index (χ3v) is 2.36. The molecule has 0 rings (SSSR count). The molecule has 0 amide bonds. The van der Waals surface area contributed by atoms with Gasteiger partial charge in [0.1, 0.15) is 5.60 Å². The number of hydrogen-bond acceptors (Lipinski definition) is 7. The Morgan fingerprint density at radius 2 is 1.95 bits per heavy atom. The first-order chi connectivity index (χ1) is 9.88. The van der Waals surface area contributed by atoms with Crippen LogP contribution < -0.4 is 16.9 Å². The second kappa shape index (κ2) is 7.54. The predicted molar refractivity (Wildman–Crippen MR) is 76.3 cm³/mol. The van der Waals surface area contributed by atoms with Gasteiger partial charge in [0.25, 0.3) is 5.96 Å². The molecule has 0 aromatic heterocycles. The molecular formula is C11H21N5O6. The highest BCUT2D eigenvalue weighted by Crippen LogP contribution is 2.17. The SMILES string of the molecule is CC(C)(C)OC(=O)[C@](N)(CCCN=C(N)N[N+](=O)[O-])C(=O)O. The number of carbonyl (C=O) groups excluding carboxylic acids is 1. The summed E-state index contributed by atoms with van der Waals surface area (Å²) in [5.41, 5.74) is 9.33. The van der Waals surface area contributed by atoms with Gasteiger partial charge in [0, 0.05) is 6.54 Å². The monoisotopic (exact) mass is 319 g/mol. The molecule has 0 radical (unpaired) electrons. The summed E-state index contributed by atoms with van der Waals surface area (Å²) in [5.74, 6) is -3.02. The highest BCUT2D eigenvalue weighted by molar-refractivity contribution is 6.03. The fraction of sp³-hybridized carbons (Fsp3) is 0.727. The fourth-order valence-corrected chi connectivity index (χ4v) is 1.35. The van der Waals surface area contributed by atoms with Gasteiger partial charge in [-0.2, -0.15) is 0 Å². The standard InChI is InChI=1S/C11H21N5O6/c1-10(2,3)22-8(19)11(13,7(17)18)5-4-6-14-9(12)15-16(20)21/h4-6,13H2,1-3H3,(H,17,18)(H3,12,14,15)/t11-/m0/s1. The number of aliphatic carboxylic acids is 1. The van der Waals surface area contributed by atoms with Gasteiger partial charge in [0.05, 0.1) is 0 Å². The maximum absolute atomic E-state index is 11.9. The molecule has 0 saturated carbocycles. The number of carbonyl (C=O) groups is 2. The van der Waals surface area contributed by atoms with Crippen LogP contribution in [-0.2, 0) is 14.3 Å². The molecule has 11 heteroatoms. The molecule has 0 heterocycles. The summed E-state index contributed by atoms with van der Waals surface area (Å²) in [4.78, 5) is 36.8. The van der Waals surface area contributed by atoms with E-state index in [1.807, 2.05) is 0 Å². The van der Waals surface area contributed by atoms with Crippen molar-refractivity contribution in [3.05, 3.63) is 10.1 Å². The van der Waals surface area contributed by atoms with Crippen LogP contribution in [0.5, 0.6) is 0 Å². The molecule has 0 aromatic carbocycles. The lowest BCUT2D eigenvalue weighted by molar-refractivity contribution is -0.525. The quantitative estimate of drug-likeness (QED) is 0.0867. The van der Waals surface area contributed by atoms with Gasteiger partial charge < -0.3 is 21.3 Å². The van der Waals surface area contributed by atoms with Gasteiger partial charge in [-0.25, -0.2) is 24.7 Å². The number of esters is 1. The minimum absolute atomic E-state index is 0.0400. The van der Waals surface area contributed by atoms with Crippen LogP contribution in [-0.4, -0.2) is 45.7 Å². The van der Waals surface area contributed by atoms with E-state index < -0.39 is 34.1 Å². The Morgan fingerprint density at radius 3 is 2.36 bits per heavy atom. The largest absolute Gasteiger partial charge is 0.479 e. The average molecular weight is 319 g/mol. The zero-order valence-electron chi connectivity index (χ0n) is 12.7. The second-order valence-electron chi connectivity index (χ2n) is 5.52. The molecule has 11 nitrogen and oxygen atoms in total. The number of hydrogen-bond donors (Lipinski definition) is 4. The lowest BCUT2D eigenvalue weighted by Crippen LogP contribution is -2.57. The number of rotatable bonds is 7. The third-order valence-electron chi connectivity index (χ3n) is 2.36. The summed E-state index contributed by atoms with van der Waals surface area (Å²) >= 11 is 0. The van der Waals surface area contributed by atoms with E-state index >= 15 is 0 Å². The Labute approximate surface area is 126 Å². The van der Waals surface area contributed by atoms with Gasteiger partial charge in [0.2, 0.25) is 5.54 Å². The zero-order chi connectivity index (χ0) is 17.6. The van der Waals surface area contributed by atoms with Crippen LogP contribution in [0, 0.1) is 10.1 Å². The van der Waals surface area contributed by atoms with E-state index in [1.165, 1.54) is 0 Å². The highest BCUT2D eigenvalue weighted by atomic mass is 16.7. The first-order valence-electron chi connectivity index (χ1n) is 6.35. The van der Waals surface area contributed by atoms with Crippen molar-refractivity contribution in [3.8, 4) is 0 Å². The van der Waals surface area contributed by atoms with E-state index in [2.05, 4.69) is 4.99 Å². The molecule has 0 unspecified atom stereocenters. The number of nitrogens with two attached hydrogens (primary N) is 2. The van der Waals surface area contributed by atoms with Gasteiger partial charge in [-0.3, -0.25) is 0 Å². The van der Waals surface area contributed by atoms with Crippen molar-refractivity contribution in [2.24, 2.45) is 16.5 Å². The smallest absolute Gasteiger partial charge is 0.338 e. The average Bonchev–Trinajstić information content (AvgIpc) is 2.30. The van der Waals surface area contributed by atoms with Gasteiger partial charge in [-0.1, -0.05) is 5.43 Å². The molecular weight excluding hydrogens is 298 g/mol. The van der Waals surface area contributed by atoms with E-state index in [9.17, 15) is 19.7 Å². The Morgan fingerprint density at radius 1 is 1.41 bits per heavy atom. The summed E-state index contributed by atoms with van der Waals surface area (Å²) in [6, 6.07) is 0. The predicted octanol–water partition coefficient (Wildman–Crippen LogP) is -1.01. The van der Waals surface area contributed by atoms with Crippen molar-refractivity contribution >= 4 is 17.9 Å². The number of carboxylic acid groups (broad SMARTS) is 1. The molecule has 126 valence electrons. The van der Waals surface area contributed by atoms with Crippen LogP contribution >= 0.6 is 0 Å². The van der Waals surface area contributed by atoms with Gasteiger partial charge in [-0.15, -0.1) is 0 Å². The number of ether oxygens (including phenoxy) is 1. The lowest BCUT2D eigenvalue weighted by Gasteiger charge is -2.27. The molecule has 1 atom stereocenters. The summed E-state index contributed by atoms with van der Waals surface area (Å²) in [6.45, 7) is 4.71. The Kier molecular flexibility index (Phi) is 6.71. The molecule has 0 aliphatic carbocycles. The maximum atomic E-state index is 11.9. The van der Waals surface area contributed by atoms with Crippen molar-refractivity contribution in [2.75, 3.05) is 6.54 Å². The molecule has 0 aliphatic heterocycles. The molecule has 0 bridgehead atoms. The Balaban J connectivity index is 4.69. The number of nitrogens with zero attached hydrogens (tertiary/aromatic N) is 2. The molecule has 0 fully saturated rings. The highest BCUT2D eigenvalue weighted by Gasteiger charge is 2.44. The first kappa shape index (κ1) is 19.6. The van der Waals surface area contributed by atoms with Gasteiger partial charge in [-0.05, 0) is 33.6 Å². The molecule has 22 heavy (non-hydrogen) atoms. The number of aliphatic imine (C=N–C) groups is 1. The van der Waals surface area contributed by atoms with E-state index in [1.54, 1.807) is 26.2 Å². The van der Waals surface area contributed by atoms with Crippen molar-refractivity contribution in [3.63, 3.8) is 0 Å². The fourth-order valence-electron chi connectivity index (χ4n) is 1.35.